The second-order valence-electron chi connectivity index (χ2n) is 4.26. The lowest BCUT2D eigenvalue weighted by atomic mass is 10.0. The first-order chi connectivity index (χ1) is 9.02. The number of ether oxygens (including phenoxy) is 1. The van der Waals surface area contributed by atoms with Gasteiger partial charge in [-0.3, -0.25) is 0 Å². The van der Waals surface area contributed by atoms with Crippen LogP contribution in [0.5, 0.6) is 5.75 Å². The number of benzene rings is 2. The number of alkyl halides is 1. The highest BCUT2D eigenvalue weighted by molar-refractivity contribution is 9.10. The third-order valence-electron chi connectivity index (χ3n) is 2.95. The van der Waals surface area contributed by atoms with Gasteiger partial charge in [-0.1, -0.05) is 55.6 Å². The van der Waals surface area contributed by atoms with Gasteiger partial charge in [-0.05, 0) is 42.3 Å². The molecule has 0 aliphatic heterocycles. The number of aryl methyl sites for hydroxylation is 1. The van der Waals surface area contributed by atoms with E-state index < -0.39 is 0 Å². The van der Waals surface area contributed by atoms with E-state index in [1.807, 2.05) is 18.2 Å². The Morgan fingerprint density at radius 3 is 2.53 bits per heavy atom. The summed E-state index contributed by atoms with van der Waals surface area (Å²) in [7, 11) is 1.66. The monoisotopic (exact) mass is 402 g/mol. The summed E-state index contributed by atoms with van der Waals surface area (Å²) < 4.78 is 6.49. The lowest BCUT2D eigenvalue weighted by Crippen LogP contribution is -1.97. The molecular formula is C15H13Br2ClO. The molecule has 2 aromatic carbocycles. The molecule has 0 aliphatic carbocycles. The van der Waals surface area contributed by atoms with Crippen molar-refractivity contribution in [2.75, 3.05) is 7.11 Å². The maximum Gasteiger partial charge on any atom is 0.123 e. The zero-order valence-corrected chi connectivity index (χ0v) is 14.5. The van der Waals surface area contributed by atoms with Crippen molar-refractivity contribution in [2.24, 2.45) is 0 Å². The quantitative estimate of drug-likeness (QED) is 0.579. The van der Waals surface area contributed by atoms with E-state index in [4.69, 9.17) is 16.3 Å². The van der Waals surface area contributed by atoms with Crippen molar-refractivity contribution in [1.82, 2.24) is 0 Å². The highest BCUT2D eigenvalue weighted by Crippen LogP contribution is 2.39. The molecule has 0 saturated carbocycles. The van der Waals surface area contributed by atoms with Crippen LogP contribution in [0.15, 0.2) is 40.9 Å². The molecule has 0 aromatic heterocycles. The summed E-state index contributed by atoms with van der Waals surface area (Å²) in [4.78, 5) is 0.0399. The molecular weight excluding hydrogens is 391 g/mol. The Hall–Kier alpha value is -0.510. The van der Waals surface area contributed by atoms with E-state index in [2.05, 4.69) is 57.0 Å². The van der Waals surface area contributed by atoms with Gasteiger partial charge in [-0.15, -0.1) is 0 Å². The van der Waals surface area contributed by atoms with Crippen LogP contribution in [0.25, 0.3) is 0 Å². The van der Waals surface area contributed by atoms with Crippen LogP contribution in [-0.4, -0.2) is 7.11 Å². The highest BCUT2D eigenvalue weighted by atomic mass is 79.9. The van der Waals surface area contributed by atoms with Gasteiger partial charge < -0.3 is 4.74 Å². The zero-order valence-electron chi connectivity index (χ0n) is 10.6. The lowest BCUT2D eigenvalue weighted by molar-refractivity contribution is 0.410. The van der Waals surface area contributed by atoms with Crippen LogP contribution in [0, 0.1) is 6.92 Å². The van der Waals surface area contributed by atoms with E-state index in [-0.39, 0.29) is 4.83 Å². The Morgan fingerprint density at radius 1 is 1.16 bits per heavy atom. The first kappa shape index (κ1) is 14.9. The Kier molecular flexibility index (Phi) is 4.93. The maximum atomic E-state index is 6.08. The predicted molar refractivity (Wildman–Crippen MR) is 87.7 cm³/mol. The molecule has 2 aromatic rings. The van der Waals surface area contributed by atoms with E-state index in [0.29, 0.717) is 5.02 Å². The minimum Gasteiger partial charge on any atom is -0.496 e. The van der Waals surface area contributed by atoms with E-state index in [0.717, 1.165) is 21.3 Å². The van der Waals surface area contributed by atoms with Gasteiger partial charge in [0.2, 0.25) is 0 Å². The molecule has 0 heterocycles. The number of methoxy groups -OCH3 is 1. The predicted octanol–water partition coefficient (Wildman–Crippen LogP) is 5.90. The Balaban J connectivity index is 2.45. The van der Waals surface area contributed by atoms with Gasteiger partial charge in [0.05, 0.1) is 11.9 Å². The van der Waals surface area contributed by atoms with Crippen molar-refractivity contribution in [3.63, 3.8) is 0 Å². The van der Waals surface area contributed by atoms with Crippen LogP contribution in [0.1, 0.15) is 21.5 Å². The number of rotatable bonds is 3. The second-order valence-corrected chi connectivity index (χ2v) is 6.46. The van der Waals surface area contributed by atoms with Crippen molar-refractivity contribution in [2.45, 2.75) is 11.8 Å². The molecule has 1 atom stereocenters. The molecule has 100 valence electrons. The molecule has 0 N–H and O–H groups in total. The van der Waals surface area contributed by atoms with Crippen LogP contribution >= 0.6 is 43.5 Å². The average molecular weight is 405 g/mol. The standard InChI is InChI=1S/C15H13Br2ClO/c1-9-3-4-10(7-13(9)16)15(17)12-8-11(18)5-6-14(12)19-2/h3-8,15H,1-2H3. The largest absolute Gasteiger partial charge is 0.496 e. The molecule has 19 heavy (non-hydrogen) atoms. The molecule has 1 nitrogen and oxygen atoms in total. The molecule has 0 bridgehead atoms. The van der Waals surface area contributed by atoms with Crippen LogP contribution < -0.4 is 4.74 Å². The normalized spacial score (nSPS) is 12.3. The molecule has 0 spiro atoms. The highest BCUT2D eigenvalue weighted by Gasteiger charge is 2.16. The molecule has 0 aliphatic rings. The number of halogens is 3. The Bertz CT molecular complexity index is 599. The van der Waals surface area contributed by atoms with Crippen molar-refractivity contribution in [3.8, 4) is 5.75 Å². The Labute approximate surface area is 135 Å². The summed E-state index contributed by atoms with van der Waals surface area (Å²) in [5, 5.41) is 0.700. The summed E-state index contributed by atoms with van der Waals surface area (Å²) in [5.74, 6) is 0.822. The SMILES string of the molecule is COc1ccc(Cl)cc1C(Br)c1ccc(C)c(Br)c1. The second kappa shape index (κ2) is 6.29. The van der Waals surface area contributed by atoms with Gasteiger partial charge in [0.1, 0.15) is 5.75 Å². The summed E-state index contributed by atoms with van der Waals surface area (Å²) >= 11 is 13.4. The Morgan fingerprint density at radius 2 is 1.89 bits per heavy atom. The summed E-state index contributed by atoms with van der Waals surface area (Å²) in [6, 6.07) is 11.9. The van der Waals surface area contributed by atoms with Crippen LogP contribution in [0.2, 0.25) is 5.02 Å². The lowest BCUT2D eigenvalue weighted by Gasteiger charge is -2.16. The fourth-order valence-electron chi connectivity index (χ4n) is 1.85. The summed E-state index contributed by atoms with van der Waals surface area (Å²) in [6.07, 6.45) is 0. The molecule has 1 unspecified atom stereocenters. The van der Waals surface area contributed by atoms with Gasteiger partial charge in [0.25, 0.3) is 0 Å². The van der Waals surface area contributed by atoms with Crippen LogP contribution in [-0.2, 0) is 0 Å². The van der Waals surface area contributed by atoms with Crippen molar-refractivity contribution < 1.29 is 4.74 Å². The first-order valence-corrected chi connectivity index (χ1v) is 7.85. The van der Waals surface area contributed by atoms with Crippen molar-refractivity contribution in [3.05, 3.63) is 62.6 Å². The van der Waals surface area contributed by atoms with Crippen molar-refractivity contribution in [1.29, 1.82) is 0 Å². The third-order valence-corrected chi connectivity index (χ3v) is 5.06. The van der Waals surface area contributed by atoms with Gasteiger partial charge >= 0.3 is 0 Å². The van der Waals surface area contributed by atoms with Gasteiger partial charge in [0, 0.05) is 15.1 Å². The average Bonchev–Trinajstić information content (AvgIpc) is 2.41. The summed E-state index contributed by atoms with van der Waals surface area (Å²) in [6.45, 7) is 2.07. The summed E-state index contributed by atoms with van der Waals surface area (Å²) in [5.41, 5.74) is 3.38. The fourth-order valence-corrected chi connectivity index (χ4v) is 3.07. The van der Waals surface area contributed by atoms with E-state index in [9.17, 15) is 0 Å². The van der Waals surface area contributed by atoms with E-state index in [1.54, 1.807) is 7.11 Å². The maximum absolute atomic E-state index is 6.08. The topological polar surface area (TPSA) is 9.23 Å². The van der Waals surface area contributed by atoms with E-state index in [1.165, 1.54) is 5.56 Å². The number of hydrogen-bond donors (Lipinski definition) is 0. The molecule has 0 amide bonds. The first-order valence-electron chi connectivity index (χ1n) is 5.76. The molecule has 0 radical (unpaired) electrons. The van der Waals surface area contributed by atoms with Crippen LogP contribution in [0.3, 0.4) is 0 Å². The zero-order chi connectivity index (χ0) is 14.0. The van der Waals surface area contributed by atoms with Gasteiger partial charge in [-0.2, -0.15) is 0 Å². The number of hydrogen-bond acceptors (Lipinski definition) is 1. The van der Waals surface area contributed by atoms with Crippen molar-refractivity contribution >= 4 is 43.5 Å². The van der Waals surface area contributed by atoms with Gasteiger partial charge in [0.15, 0.2) is 0 Å². The van der Waals surface area contributed by atoms with Crippen LogP contribution in [0.4, 0.5) is 0 Å². The molecule has 4 heteroatoms. The van der Waals surface area contributed by atoms with E-state index >= 15 is 0 Å². The molecule has 0 saturated heterocycles. The molecule has 2 rings (SSSR count). The van der Waals surface area contributed by atoms with Gasteiger partial charge in [-0.25, -0.2) is 0 Å². The fraction of sp³-hybridized carbons (Fsp3) is 0.200. The minimum atomic E-state index is 0.0399. The smallest absolute Gasteiger partial charge is 0.123 e. The third kappa shape index (κ3) is 3.33. The minimum absolute atomic E-state index is 0.0399. The molecule has 0 fully saturated rings.